The van der Waals surface area contributed by atoms with Crippen LogP contribution in [-0.4, -0.2) is 21.9 Å². The largest absolute Gasteiger partial charge is 0.292 e. The van der Waals surface area contributed by atoms with Crippen LogP contribution in [0.1, 0.15) is 35.9 Å². The Labute approximate surface area is 155 Å². The predicted octanol–water partition coefficient (Wildman–Crippen LogP) is 3.39. The number of hydrogen-bond donors (Lipinski definition) is 1. The highest BCUT2D eigenvalue weighted by molar-refractivity contribution is 6.30. The van der Waals surface area contributed by atoms with Crippen LogP contribution < -0.4 is 11.0 Å². The third-order valence-electron chi connectivity index (χ3n) is 3.78. The van der Waals surface area contributed by atoms with E-state index in [-0.39, 0.29) is 17.3 Å². The van der Waals surface area contributed by atoms with Crippen LogP contribution in [0.4, 0.5) is 0 Å². The lowest BCUT2D eigenvalue weighted by Gasteiger charge is -2.12. The van der Waals surface area contributed by atoms with Crippen molar-refractivity contribution in [1.29, 1.82) is 0 Å². The molecule has 2 aromatic carbocycles. The number of hydrazone groups is 1. The number of nitrogens with zero attached hydrogens (tertiary/aromatic N) is 3. The van der Waals surface area contributed by atoms with Crippen LogP contribution in [0.15, 0.2) is 58.4 Å². The van der Waals surface area contributed by atoms with Gasteiger partial charge in [0.25, 0.3) is 11.5 Å². The minimum absolute atomic E-state index is 0.155. The summed E-state index contributed by atoms with van der Waals surface area (Å²) in [6.07, 6.45) is 1.51. The van der Waals surface area contributed by atoms with E-state index in [9.17, 15) is 9.59 Å². The fraction of sp³-hybridized carbons (Fsp3) is 0.158. The summed E-state index contributed by atoms with van der Waals surface area (Å²) in [5, 5.41) is 9.76. The van der Waals surface area contributed by atoms with Crippen molar-refractivity contribution in [3.63, 3.8) is 0 Å². The number of hydrogen-bond acceptors (Lipinski definition) is 4. The van der Waals surface area contributed by atoms with Crippen molar-refractivity contribution in [2.24, 2.45) is 5.10 Å². The SMILES string of the molecule is CC(C)n1nc(C(=O)N/N=C/c2ccc(Cl)cc2)c2ccccc2c1=O. The monoisotopic (exact) mass is 368 g/mol. The Hall–Kier alpha value is -2.99. The molecule has 1 aromatic heterocycles. The van der Waals surface area contributed by atoms with Gasteiger partial charge in [-0.3, -0.25) is 9.59 Å². The van der Waals surface area contributed by atoms with Crippen LogP contribution in [0.3, 0.4) is 0 Å². The van der Waals surface area contributed by atoms with Crippen LogP contribution in [0, 0.1) is 0 Å². The second-order valence-electron chi connectivity index (χ2n) is 5.99. The molecule has 0 saturated heterocycles. The third-order valence-corrected chi connectivity index (χ3v) is 4.03. The summed E-state index contributed by atoms with van der Waals surface area (Å²) in [5.41, 5.74) is 3.18. The van der Waals surface area contributed by atoms with E-state index in [2.05, 4.69) is 15.6 Å². The van der Waals surface area contributed by atoms with E-state index in [0.29, 0.717) is 15.8 Å². The maximum Gasteiger partial charge on any atom is 0.292 e. The Bertz CT molecular complexity index is 1040. The number of carbonyl (C=O) groups excluding carboxylic acids is 1. The van der Waals surface area contributed by atoms with Gasteiger partial charge in [-0.25, -0.2) is 10.1 Å². The van der Waals surface area contributed by atoms with E-state index in [0.717, 1.165) is 5.56 Å². The quantitative estimate of drug-likeness (QED) is 0.566. The summed E-state index contributed by atoms with van der Waals surface area (Å²) >= 11 is 5.83. The number of carbonyl (C=O) groups is 1. The fourth-order valence-corrected chi connectivity index (χ4v) is 2.62. The number of amides is 1. The number of aromatic nitrogens is 2. The first-order valence-electron chi connectivity index (χ1n) is 8.08. The van der Waals surface area contributed by atoms with Crippen molar-refractivity contribution in [2.45, 2.75) is 19.9 Å². The molecule has 3 aromatic rings. The molecular formula is C19H17ClN4O2. The molecule has 0 unspecified atom stereocenters. The lowest BCUT2D eigenvalue weighted by atomic mass is 10.1. The normalized spacial score (nSPS) is 11.4. The number of benzene rings is 2. The van der Waals surface area contributed by atoms with Gasteiger partial charge in [-0.05, 0) is 37.6 Å². The smallest absolute Gasteiger partial charge is 0.267 e. The lowest BCUT2D eigenvalue weighted by molar-refractivity contribution is 0.0949. The van der Waals surface area contributed by atoms with Crippen molar-refractivity contribution < 1.29 is 4.79 Å². The third kappa shape index (κ3) is 3.65. The average Bonchev–Trinajstić information content (AvgIpc) is 2.63. The van der Waals surface area contributed by atoms with Crippen molar-refractivity contribution in [3.05, 3.63) is 75.2 Å². The Morgan fingerprint density at radius 3 is 2.46 bits per heavy atom. The van der Waals surface area contributed by atoms with Crippen molar-refractivity contribution in [3.8, 4) is 0 Å². The second kappa shape index (κ2) is 7.49. The molecule has 0 bridgehead atoms. The second-order valence-corrected chi connectivity index (χ2v) is 6.42. The molecule has 1 N–H and O–H groups in total. The van der Waals surface area contributed by atoms with Crippen LogP contribution in [0.25, 0.3) is 10.8 Å². The maximum atomic E-state index is 12.6. The zero-order valence-electron chi connectivity index (χ0n) is 14.3. The van der Waals surface area contributed by atoms with Gasteiger partial charge in [0, 0.05) is 10.4 Å². The van der Waals surface area contributed by atoms with Gasteiger partial charge in [0.05, 0.1) is 17.6 Å². The van der Waals surface area contributed by atoms with Gasteiger partial charge in [-0.15, -0.1) is 0 Å². The molecule has 0 radical (unpaired) electrons. The van der Waals surface area contributed by atoms with E-state index in [4.69, 9.17) is 11.6 Å². The molecule has 1 amide bonds. The maximum absolute atomic E-state index is 12.6. The molecule has 3 rings (SSSR count). The molecule has 132 valence electrons. The Morgan fingerprint density at radius 2 is 1.81 bits per heavy atom. The number of fused-ring (bicyclic) bond motifs is 1. The summed E-state index contributed by atoms with van der Waals surface area (Å²) in [4.78, 5) is 25.1. The highest BCUT2D eigenvalue weighted by Gasteiger charge is 2.17. The zero-order chi connectivity index (χ0) is 18.7. The molecule has 0 saturated carbocycles. The number of halogens is 1. The average molecular weight is 369 g/mol. The molecule has 1 heterocycles. The summed E-state index contributed by atoms with van der Waals surface area (Å²) in [6.45, 7) is 3.67. The van der Waals surface area contributed by atoms with Gasteiger partial charge >= 0.3 is 0 Å². The van der Waals surface area contributed by atoms with Crippen molar-refractivity contribution in [1.82, 2.24) is 15.2 Å². The van der Waals surface area contributed by atoms with Crippen molar-refractivity contribution in [2.75, 3.05) is 0 Å². The lowest BCUT2D eigenvalue weighted by Crippen LogP contribution is -2.30. The molecular weight excluding hydrogens is 352 g/mol. The van der Waals surface area contributed by atoms with Gasteiger partial charge in [-0.1, -0.05) is 41.9 Å². The Balaban J connectivity index is 1.94. The first-order valence-corrected chi connectivity index (χ1v) is 8.45. The Kier molecular flexibility index (Phi) is 5.14. The summed E-state index contributed by atoms with van der Waals surface area (Å²) in [6, 6.07) is 13.8. The van der Waals surface area contributed by atoms with Crippen LogP contribution in [0.5, 0.6) is 0 Å². The van der Waals surface area contributed by atoms with Gasteiger partial charge in [0.2, 0.25) is 0 Å². The van der Waals surface area contributed by atoms with Crippen LogP contribution in [0.2, 0.25) is 5.02 Å². The highest BCUT2D eigenvalue weighted by atomic mass is 35.5. The standard InChI is InChI=1S/C19H17ClN4O2/c1-12(2)24-19(26)16-6-4-3-5-15(16)17(23-24)18(25)22-21-11-13-7-9-14(20)10-8-13/h3-12H,1-2H3,(H,22,25)/b21-11+. The van der Waals surface area contributed by atoms with E-state index in [1.807, 2.05) is 13.8 Å². The molecule has 7 heteroatoms. The molecule has 0 spiro atoms. The molecule has 0 aliphatic rings. The first-order chi connectivity index (χ1) is 12.5. The molecule has 26 heavy (non-hydrogen) atoms. The number of nitrogens with one attached hydrogen (secondary N) is 1. The summed E-state index contributed by atoms with van der Waals surface area (Å²) < 4.78 is 1.31. The van der Waals surface area contributed by atoms with E-state index < -0.39 is 5.91 Å². The van der Waals surface area contributed by atoms with Gasteiger partial charge in [-0.2, -0.15) is 10.2 Å². The number of rotatable bonds is 4. The van der Waals surface area contributed by atoms with Gasteiger partial charge < -0.3 is 0 Å². The molecule has 0 aliphatic heterocycles. The molecule has 0 atom stereocenters. The van der Waals surface area contributed by atoms with Crippen molar-refractivity contribution >= 4 is 34.5 Å². The van der Waals surface area contributed by atoms with Gasteiger partial charge in [0.1, 0.15) is 0 Å². The van der Waals surface area contributed by atoms with Gasteiger partial charge in [0.15, 0.2) is 5.69 Å². The highest BCUT2D eigenvalue weighted by Crippen LogP contribution is 2.14. The first kappa shape index (κ1) is 17.8. The minimum Gasteiger partial charge on any atom is -0.267 e. The summed E-state index contributed by atoms with van der Waals surface area (Å²) in [5.74, 6) is -0.485. The fourth-order valence-electron chi connectivity index (χ4n) is 2.49. The van der Waals surface area contributed by atoms with E-state index >= 15 is 0 Å². The van der Waals surface area contributed by atoms with Crippen LogP contribution in [-0.2, 0) is 0 Å². The topological polar surface area (TPSA) is 76.3 Å². The molecule has 6 nitrogen and oxygen atoms in total. The molecule has 0 aliphatic carbocycles. The summed E-state index contributed by atoms with van der Waals surface area (Å²) in [7, 11) is 0. The van der Waals surface area contributed by atoms with E-state index in [1.165, 1.54) is 10.9 Å². The minimum atomic E-state index is -0.485. The molecule has 0 fully saturated rings. The van der Waals surface area contributed by atoms with Crippen LogP contribution >= 0.6 is 11.6 Å². The van der Waals surface area contributed by atoms with E-state index in [1.54, 1.807) is 48.5 Å². The zero-order valence-corrected chi connectivity index (χ0v) is 15.1. The predicted molar refractivity (Wildman–Crippen MR) is 103 cm³/mol. The Morgan fingerprint density at radius 1 is 1.15 bits per heavy atom.